The first-order valence-corrected chi connectivity index (χ1v) is 7.13. The van der Waals surface area contributed by atoms with Gasteiger partial charge in [-0.15, -0.1) is 0 Å². The highest BCUT2D eigenvalue weighted by Gasteiger charge is 2.29. The molecule has 20 heavy (non-hydrogen) atoms. The van der Waals surface area contributed by atoms with E-state index in [2.05, 4.69) is 15.9 Å². The van der Waals surface area contributed by atoms with Gasteiger partial charge in [0.1, 0.15) is 24.0 Å². The second-order valence-electron chi connectivity index (χ2n) is 4.78. The van der Waals surface area contributed by atoms with Crippen LogP contribution in [-0.4, -0.2) is 12.4 Å². The molecule has 1 aliphatic heterocycles. The fraction of sp³-hybridized carbons (Fsp3) is 0.188. The minimum absolute atomic E-state index is 0.0854. The summed E-state index contributed by atoms with van der Waals surface area (Å²) >= 11 is 3.29. The van der Waals surface area contributed by atoms with E-state index in [4.69, 9.17) is 4.74 Å². The number of benzene rings is 2. The molecule has 2 aromatic carbocycles. The van der Waals surface area contributed by atoms with Crippen molar-refractivity contribution in [3.05, 3.63) is 63.9 Å². The SMILES string of the molecule is O=C(Cc1ccc(F)cc1Br)C1COc2ccccc21. The first kappa shape index (κ1) is 13.3. The Balaban J connectivity index is 1.81. The first-order chi connectivity index (χ1) is 9.65. The topological polar surface area (TPSA) is 26.3 Å². The van der Waals surface area contributed by atoms with Crippen LogP contribution in [0.4, 0.5) is 4.39 Å². The number of ketones is 1. The van der Waals surface area contributed by atoms with Crippen LogP contribution in [0.25, 0.3) is 0 Å². The van der Waals surface area contributed by atoms with Crippen LogP contribution >= 0.6 is 15.9 Å². The van der Waals surface area contributed by atoms with E-state index in [0.717, 1.165) is 16.9 Å². The fourth-order valence-electron chi connectivity index (χ4n) is 2.41. The van der Waals surface area contributed by atoms with Crippen molar-refractivity contribution in [3.63, 3.8) is 0 Å². The van der Waals surface area contributed by atoms with Crippen molar-refractivity contribution in [1.29, 1.82) is 0 Å². The van der Waals surface area contributed by atoms with Gasteiger partial charge in [0.15, 0.2) is 0 Å². The summed E-state index contributed by atoms with van der Waals surface area (Å²) in [5.41, 5.74) is 1.73. The van der Waals surface area contributed by atoms with Crippen molar-refractivity contribution in [2.45, 2.75) is 12.3 Å². The number of carbonyl (C=O) groups is 1. The summed E-state index contributed by atoms with van der Waals surface area (Å²) in [5, 5.41) is 0. The molecule has 102 valence electrons. The summed E-state index contributed by atoms with van der Waals surface area (Å²) in [7, 11) is 0. The number of rotatable bonds is 3. The van der Waals surface area contributed by atoms with Crippen LogP contribution in [0.15, 0.2) is 46.9 Å². The van der Waals surface area contributed by atoms with Gasteiger partial charge in [0.2, 0.25) is 0 Å². The molecule has 0 fully saturated rings. The third-order valence-electron chi connectivity index (χ3n) is 3.47. The Morgan fingerprint density at radius 2 is 2.10 bits per heavy atom. The lowest BCUT2D eigenvalue weighted by Gasteiger charge is -2.09. The van der Waals surface area contributed by atoms with Crippen molar-refractivity contribution < 1.29 is 13.9 Å². The Bertz CT molecular complexity index is 669. The maximum absolute atomic E-state index is 13.0. The summed E-state index contributed by atoms with van der Waals surface area (Å²) < 4.78 is 19.2. The van der Waals surface area contributed by atoms with Gasteiger partial charge >= 0.3 is 0 Å². The number of carbonyl (C=O) groups excluding carboxylic acids is 1. The maximum atomic E-state index is 13.0. The maximum Gasteiger partial charge on any atom is 0.148 e. The Kier molecular flexibility index (Phi) is 3.57. The third kappa shape index (κ3) is 2.48. The van der Waals surface area contributed by atoms with Crippen LogP contribution in [0, 0.1) is 5.82 Å². The van der Waals surface area contributed by atoms with Crippen molar-refractivity contribution in [2.24, 2.45) is 0 Å². The van der Waals surface area contributed by atoms with Gasteiger partial charge in [-0.3, -0.25) is 4.79 Å². The molecule has 0 bridgehead atoms. The van der Waals surface area contributed by atoms with Crippen molar-refractivity contribution in [2.75, 3.05) is 6.61 Å². The predicted octanol–water partition coefficient (Wildman–Crippen LogP) is 3.88. The molecule has 1 aliphatic rings. The second-order valence-corrected chi connectivity index (χ2v) is 5.63. The van der Waals surface area contributed by atoms with Gasteiger partial charge in [-0.2, -0.15) is 0 Å². The number of hydrogen-bond donors (Lipinski definition) is 0. The highest BCUT2D eigenvalue weighted by molar-refractivity contribution is 9.10. The molecule has 0 aromatic heterocycles. The Labute approximate surface area is 124 Å². The highest BCUT2D eigenvalue weighted by Crippen LogP contribution is 2.35. The summed E-state index contributed by atoms with van der Waals surface area (Å²) in [6, 6.07) is 12.0. The Morgan fingerprint density at radius 1 is 1.30 bits per heavy atom. The van der Waals surface area contributed by atoms with Gasteiger partial charge in [-0.25, -0.2) is 4.39 Å². The lowest BCUT2D eigenvalue weighted by Crippen LogP contribution is -2.16. The van der Waals surface area contributed by atoms with E-state index in [1.165, 1.54) is 12.1 Å². The van der Waals surface area contributed by atoms with E-state index in [1.54, 1.807) is 6.07 Å². The van der Waals surface area contributed by atoms with Crippen LogP contribution in [0.5, 0.6) is 5.75 Å². The molecule has 0 saturated heterocycles. The van der Waals surface area contributed by atoms with Gasteiger partial charge in [0.25, 0.3) is 0 Å². The molecule has 1 heterocycles. The number of halogens is 2. The van der Waals surface area contributed by atoms with E-state index < -0.39 is 0 Å². The summed E-state index contributed by atoms with van der Waals surface area (Å²) in [6.07, 6.45) is 0.267. The number of ether oxygens (including phenoxy) is 1. The summed E-state index contributed by atoms with van der Waals surface area (Å²) in [4.78, 5) is 12.4. The van der Waals surface area contributed by atoms with Gasteiger partial charge < -0.3 is 4.74 Å². The van der Waals surface area contributed by atoms with Crippen LogP contribution < -0.4 is 4.74 Å². The zero-order chi connectivity index (χ0) is 14.1. The van der Waals surface area contributed by atoms with Crippen molar-refractivity contribution in [3.8, 4) is 5.75 Å². The number of para-hydroxylation sites is 1. The van der Waals surface area contributed by atoms with Gasteiger partial charge in [0, 0.05) is 16.5 Å². The van der Waals surface area contributed by atoms with Gasteiger partial charge in [0.05, 0.1) is 5.92 Å². The molecule has 4 heteroatoms. The molecule has 1 unspecified atom stereocenters. The average Bonchev–Trinajstić information content (AvgIpc) is 2.86. The quantitative estimate of drug-likeness (QED) is 0.851. The van der Waals surface area contributed by atoms with Crippen molar-refractivity contribution in [1.82, 2.24) is 0 Å². The number of fused-ring (bicyclic) bond motifs is 1. The molecular formula is C16H12BrFO2. The minimum Gasteiger partial charge on any atom is -0.492 e. The molecule has 2 aromatic rings. The normalized spacial score (nSPS) is 16.6. The smallest absolute Gasteiger partial charge is 0.148 e. The van der Waals surface area contributed by atoms with E-state index in [1.807, 2.05) is 24.3 Å². The van der Waals surface area contributed by atoms with E-state index in [0.29, 0.717) is 11.1 Å². The minimum atomic E-state index is -0.317. The lowest BCUT2D eigenvalue weighted by molar-refractivity contribution is -0.120. The molecular weight excluding hydrogens is 323 g/mol. The second kappa shape index (κ2) is 5.37. The molecule has 0 spiro atoms. The van der Waals surface area contributed by atoms with Crippen LogP contribution in [0.1, 0.15) is 17.0 Å². The van der Waals surface area contributed by atoms with Crippen LogP contribution in [-0.2, 0) is 11.2 Å². The fourth-order valence-corrected chi connectivity index (χ4v) is 2.90. The van der Waals surface area contributed by atoms with Gasteiger partial charge in [-0.05, 0) is 23.8 Å². The first-order valence-electron chi connectivity index (χ1n) is 6.33. The molecule has 0 amide bonds. The number of hydrogen-bond acceptors (Lipinski definition) is 2. The molecule has 0 N–H and O–H groups in total. The third-order valence-corrected chi connectivity index (χ3v) is 4.21. The monoisotopic (exact) mass is 334 g/mol. The molecule has 0 aliphatic carbocycles. The average molecular weight is 335 g/mol. The lowest BCUT2D eigenvalue weighted by atomic mass is 9.93. The highest BCUT2D eigenvalue weighted by atomic mass is 79.9. The Hall–Kier alpha value is -1.68. The van der Waals surface area contributed by atoms with Crippen molar-refractivity contribution >= 4 is 21.7 Å². The molecule has 1 atom stereocenters. The molecule has 0 saturated carbocycles. The van der Waals surface area contributed by atoms with Crippen LogP contribution in [0.3, 0.4) is 0 Å². The van der Waals surface area contributed by atoms with Crippen LogP contribution in [0.2, 0.25) is 0 Å². The molecule has 3 rings (SSSR count). The number of Topliss-reactive ketones (excluding diaryl/α,β-unsaturated/α-hetero) is 1. The van der Waals surface area contributed by atoms with Gasteiger partial charge in [-0.1, -0.05) is 40.2 Å². The molecule has 0 radical (unpaired) electrons. The standard InChI is InChI=1S/C16H12BrFO2/c17-14-8-11(18)6-5-10(14)7-15(19)13-9-20-16-4-2-1-3-12(13)16/h1-6,8,13H,7,9H2. The summed E-state index contributed by atoms with van der Waals surface area (Å²) in [5.74, 6) is 0.317. The van der Waals surface area contributed by atoms with E-state index in [9.17, 15) is 9.18 Å². The predicted molar refractivity (Wildman–Crippen MR) is 77.5 cm³/mol. The zero-order valence-corrected chi connectivity index (χ0v) is 12.2. The molecule has 2 nitrogen and oxygen atoms in total. The van der Waals surface area contributed by atoms with E-state index >= 15 is 0 Å². The largest absolute Gasteiger partial charge is 0.492 e. The summed E-state index contributed by atoms with van der Waals surface area (Å²) in [6.45, 7) is 0.386. The van der Waals surface area contributed by atoms with E-state index in [-0.39, 0.29) is 23.9 Å². The Morgan fingerprint density at radius 3 is 2.90 bits per heavy atom. The zero-order valence-electron chi connectivity index (χ0n) is 10.6.